The molecule has 0 spiro atoms. The van der Waals surface area contributed by atoms with Crippen molar-refractivity contribution in [1.82, 2.24) is 5.32 Å². The summed E-state index contributed by atoms with van der Waals surface area (Å²) in [6, 6.07) is 14.2. The Hall–Kier alpha value is -2.45. The summed E-state index contributed by atoms with van der Waals surface area (Å²) in [6.45, 7) is 0.447. The second kappa shape index (κ2) is 8.05. The fourth-order valence-corrected chi connectivity index (χ4v) is 8.90. The fraction of sp³-hybridized carbons (Fsp3) is 0.462. The Morgan fingerprint density at radius 2 is 1.56 bits per heavy atom. The molecule has 2 N–H and O–H groups in total. The van der Waals surface area contributed by atoms with Gasteiger partial charge in [0.2, 0.25) is 5.91 Å². The van der Waals surface area contributed by atoms with Gasteiger partial charge >= 0.3 is 0 Å². The summed E-state index contributed by atoms with van der Waals surface area (Å²) in [6.07, 6.45) is 7.53. The number of nitrogens with one attached hydrogen (secondary N) is 2. The highest BCUT2D eigenvalue weighted by Crippen LogP contribution is 2.60. The van der Waals surface area contributed by atoms with Crippen molar-refractivity contribution in [2.45, 2.75) is 49.8 Å². The molecule has 8 heteroatoms. The van der Waals surface area contributed by atoms with E-state index in [1.54, 1.807) is 24.3 Å². The van der Waals surface area contributed by atoms with E-state index in [9.17, 15) is 13.2 Å². The van der Waals surface area contributed by atoms with E-state index < -0.39 is 10.0 Å². The number of para-hydroxylation sites is 1. The van der Waals surface area contributed by atoms with Crippen LogP contribution < -0.4 is 14.9 Å². The Labute approximate surface area is 206 Å². The lowest BCUT2D eigenvalue weighted by molar-refractivity contribution is -0.144. The van der Waals surface area contributed by atoms with Crippen LogP contribution in [0.1, 0.15) is 44.1 Å². The van der Waals surface area contributed by atoms with E-state index in [0.717, 1.165) is 30.5 Å². The van der Waals surface area contributed by atoms with Gasteiger partial charge in [0.25, 0.3) is 10.0 Å². The number of thiocarbonyl (C=S) groups is 1. The fourth-order valence-electron chi connectivity index (χ4n) is 7.18. The molecule has 0 atom stereocenters. The maximum Gasteiger partial charge on any atom is 0.264 e. The van der Waals surface area contributed by atoms with Gasteiger partial charge in [0.1, 0.15) is 0 Å². The van der Waals surface area contributed by atoms with Crippen LogP contribution in [0.3, 0.4) is 0 Å². The van der Waals surface area contributed by atoms with Gasteiger partial charge in [-0.1, -0.05) is 18.2 Å². The van der Waals surface area contributed by atoms with E-state index >= 15 is 0 Å². The number of amides is 1. The van der Waals surface area contributed by atoms with Crippen LogP contribution in [0.25, 0.3) is 0 Å². The Morgan fingerprint density at radius 3 is 2.21 bits per heavy atom. The van der Waals surface area contributed by atoms with E-state index in [2.05, 4.69) is 10.6 Å². The zero-order valence-electron chi connectivity index (χ0n) is 19.0. The van der Waals surface area contributed by atoms with Gasteiger partial charge in [-0.05, 0) is 111 Å². The number of rotatable bonds is 4. The Morgan fingerprint density at radius 1 is 0.941 bits per heavy atom. The molecule has 0 aromatic heterocycles. The molecular weight excluding hydrogens is 466 g/mol. The van der Waals surface area contributed by atoms with Crippen molar-refractivity contribution in [3.8, 4) is 0 Å². The first kappa shape index (κ1) is 22.0. The average Bonchev–Trinajstić information content (AvgIpc) is 3.23. The summed E-state index contributed by atoms with van der Waals surface area (Å²) >= 11 is 5.44. The van der Waals surface area contributed by atoms with E-state index in [-0.39, 0.29) is 21.3 Å². The molecule has 34 heavy (non-hydrogen) atoms. The molecule has 2 aromatic carbocycles. The lowest BCUT2D eigenvalue weighted by Gasteiger charge is -2.55. The zero-order chi connectivity index (χ0) is 23.5. The number of carbonyl (C=O) groups is 1. The minimum Gasteiger partial charge on any atom is -0.332 e. The molecule has 5 aliphatic rings. The van der Waals surface area contributed by atoms with Crippen molar-refractivity contribution in [3.05, 3.63) is 54.1 Å². The molecule has 4 fully saturated rings. The average molecular weight is 496 g/mol. The minimum absolute atomic E-state index is 0.0518. The molecule has 0 saturated heterocycles. The lowest BCUT2D eigenvalue weighted by Crippen LogP contribution is -2.55. The Bertz CT molecular complexity index is 1220. The Balaban J connectivity index is 1.11. The molecule has 178 valence electrons. The number of fused-ring (bicyclic) bond motifs is 1. The van der Waals surface area contributed by atoms with Gasteiger partial charge in [-0.25, -0.2) is 8.42 Å². The van der Waals surface area contributed by atoms with Gasteiger partial charge in [-0.2, -0.15) is 0 Å². The SMILES string of the molecule is O=C(NC(=S)Nc1ccc(S(=O)(=O)N2CCc3ccccc32)cc1)C12CC3CC(CC(C3)C1)C2. The van der Waals surface area contributed by atoms with Crippen molar-refractivity contribution >= 4 is 44.6 Å². The standard InChI is InChI=1S/C26H29N3O3S2/c30-24(26-14-17-11-18(15-26)13-19(12-17)16-26)28-25(33)27-21-5-7-22(8-6-21)34(31,32)29-10-9-20-3-1-2-4-23(20)29/h1-8,17-19H,9-16H2,(H2,27,28,30,33). The summed E-state index contributed by atoms with van der Waals surface area (Å²) in [5.74, 6) is 2.12. The van der Waals surface area contributed by atoms with Crippen molar-refractivity contribution in [2.24, 2.45) is 23.2 Å². The number of sulfonamides is 1. The van der Waals surface area contributed by atoms with E-state index in [1.165, 1.54) is 23.6 Å². The van der Waals surface area contributed by atoms with Crippen LogP contribution in [0.5, 0.6) is 0 Å². The molecular formula is C26H29N3O3S2. The molecule has 0 unspecified atom stereocenters. The second-order valence-corrected chi connectivity index (χ2v) is 12.9. The highest BCUT2D eigenvalue weighted by atomic mass is 32.2. The van der Waals surface area contributed by atoms with Crippen molar-refractivity contribution in [1.29, 1.82) is 0 Å². The molecule has 6 nitrogen and oxygen atoms in total. The van der Waals surface area contributed by atoms with Crippen LogP contribution in [-0.4, -0.2) is 26.0 Å². The van der Waals surface area contributed by atoms with Gasteiger partial charge in [0.05, 0.1) is 16.0 Å². The maximum atomic E-state index is 13.2. The summed E-state index contributed by atoms with van der Waals surface area (Å²) in [5, 5.41) is 6.27. The van der Waals surface area contributed by atoms with Crippen molar-refractivity contribution in [3.63, 3.8) is 0 Å². The van der Waals surface area contributed by atoms with Crippen LogP contribution >= 0.6 is 12.2 Å². The smallest absolute Gasteiger partial charge is 0.264 e. The summed E-state index contributed by atoms with van der Waals surface area (Å²) in [5.41, 5.74) is 2.18. The minimum atomic E-state index is -3.64. The van der Waals surface area contributed by atoms with Gasteiger partial charge in [0, 0.05) is 12.2 Å². The second-order valence-electron chi connectivity index (χ2n) is 10.6. The topological polar surface area (TPSA) is 78.5 Å². The first-order valence-corrected chi connectivity index (χ1v) is 14.0. The summed E-state index contributed by atoms with van der Waals surface area (Å²) in [4.78, 5) is 13.4. The molecule has 1 amide bonds. The number of anilines is 2. The zero-order valence-corrected chi connectivity index (χ0v) is 20.6. The van der Waals surface area contributed by atoms with Gasteiger partial charge in [-0.15, -0.1) is 0 Å². The van der Waals surface area contributed by atoms with Crippen LogP contribution in [0.2, 0.25) is 0 Å². The lowest BCUT2D eigenvalue weighted by atomic mass is 9.49. The monoisotopic (exact) mass is 495 g/mol. The number of carbonyl (C=O) groups excluding carboxylic acids is 1. The largest absolute Gasteiger partial charge is 0.332 e. The quantitative estimate of drug-likeness (QED) is 0.612. The van der Waals surface area contributed by atoms with Gasteiger partial charge in [0.15, 0.2) is 5.11 Å². The van der Waals surface area contributed by atoms with Gasteiger partial charge in [-0.3, -0.25) is 9.10 Å². The third kappa shape index (κ3) is 3.71. The first-order chi connectivity index (χ1) is 16.3. The molecule has 7 rings (SSSR count). The first-order valence-electron chi connectivity index (χ1n) is 12.2. The summed E-state index contributed by atoms with van der Waals surface area (Å²) < 4.78 is 27.9. The van der Waals surface area contributed by atoms with Crippen LogP contribution in [0.15, 0.2) is 53.4 Å². The predicted octanol–water partition coefficient (Wildman–Crippen LogP) is 4.47. The molecule has 0 radical (unpaired) electrons. The molecule has 4 aliphatic carbocycles. The molecule has 4 bridgehead atoms. The molecule has 1 heterocycles. The highest BCUT2D eigenvalue weighted by Gasteiger charge is 2.54. The van der Waals surface area contributed by atoms with E-state index in [4.69, 9.17) is 12.2 Å². The van der Waals surface area contributed by atoms with Crippen molar-refractivity contribution < 1.29 is 13.2 Å². The number of hydrogen-bond acceptors (Lipinski definition) is 4. The number of hydrogen-bond donors (Lipinski definition) is 2. The third-order valence-corrected chi connectivity index (χ3v) is 10.3. The molecule has 2 aromatic rings. The van der Waals surface area contributed by atoms with Gasteiger partial charge < -0.3 is 10.6 Å². The number of benzene rings is 2. The van der Waals surface area contributed by atoms with Crippen LogP contribution in [0.4, 0.5) is 11.4 Å². The Kier molecular flexibility index (Phi) is 5.22. The van der Waals surface area contributed by atoms with Crippen LogP contribution in [0, 0.1) is 23.2 Å². The summed E-state index contributed by atoms with van der Waals surface area (Å²) in [7, 11) is -3.64. The van der Waals surface area contributed by atoms with E-state index in [1.807, 2.05) is 24.3 Å². The number of nitrogens with zero attached hydrogens (tertiary/aromatic N) is 1. The third-order valence-electron chi connectivity index (χ3n) is 8.29. The highest BCUT2D eigenvalue weighted by molar-refractivity contribution is 7.92. The predicted molar refractivity (Wildman–Crippen MR) is 136 cm³/mol. The van der Waals surface area contributed by atoms with Crippen LogP contribution in [-0.2, 0) is 21.2 Å². The maximum absolute atomic E-state index is 13.2. The van der Waals surface area contributed by atoms with Crippen molar-refractivity contribution in [2.75, 3.05) is 16.2 Å². The molecule has 4 saturated carbocycles. The normalized spacial score (nSPS) is 29.1. The molecule has 1 aliphatic heterocycles. The van der Waals surface area contributed by atoms with E-state index in [0.29, 0.717) is 36.4 Å².